The molecule has 16 heavy (non-hydrogen) atoms. The van der Waals surface area contributed by atoms with Crippen LogP contribution in [0.2, 0.25) is 0 Å². The van der Waals surface area contributed by atoms with Gasteiger partial charge in [-0.1, -0.05) is 13.8 Å². The van der Waals surface area contributed by atoms with E-state index >= 15 is 0 Å². The fourth-order valence-electron chi connectivity index (χ4n) is 2.19. The Morgan fingerprint density at radius 3 is 2.31 bits per heavy atom. The molecule has 1 atom stereocenters. The average molecular weight is 244 g/mol. The lowest BCUT2D eigenvalue weighted by Gasteiger charge is -2.33. The molecule has 2 nitrogen and oxygen atoms in total. The first-order chi connectivity index (χ1) is 7.52. The third-order valence-electron chi connectivity index (χ3n) is 4.09. The van der Waals surface area contributed by atoms with Gasteiger partial charge in [0, 0.05) is 5.75 Å². The van der Waals surface area contributed by atoms with Gasteiger partial charge in [-0.3, -0.25) is 4.79 Å². The molecule has 0 aromatic heterocycles. The molecule has 0 heterocycles. The topological polar surface area (TPSA) is 26.3 Å². The van der Waals surface area contributed by atoms with Gasteiger partial charge in [0.2, 0.25) is 0 Å². The maximum Gasteiger partial charge on any atom is 0.313 e. The molecule has 0 bridgehead atoms. The van der Waals surface area contributed by atoms with E-state index in [9.17, 15) is 4.79 Å². The van der Waals surface area contributed by atoms with Gasteiger partial charge in [0.15, 0.2) is 0 Å². The van der Waals surface area contributed by atoms with E-state index in [1.165, 1.54) is 12.8 Å². The van der Waals surface area contributed by atoms with Gasteiger partial charge in [0.05, 0.1) is 5.41 Å². The highest BCUT2D eigenvalue weighted by Crippen LogP contribution is 2.38. The number of thiol groups is 1. The molecule has 0 saturated heterocycles. The Morgan fingerprint density at radius 1 is 1.38 bits per heavy atom. The molecule has 1 unspecified atom stereocenters. The number of esters is 1. The smallest absolute Gasteiger partial charge is 0.313 e. The van der Waals surface area contributed by atoms with Crippen LogP contribution in [0.15, 0.2) is 0 Å². The monoisotopic (exact) mass is 244 g/mol. The van der Waals surface area contributed by atoms with Crippen LogP contribution in [0, 0.1) is 5.41 Å². The van der Waals surface area contributed by atoms with Crippen molar-refractivity contribution in [3.05, 3.63) is 0 Å². The molecule has 1 aliphatic carbocycles. The van der Waals surface area contributed by atoms with Crippen LogP contribution in [0.1, 0.15) is 59.3 Å². The fraction of sp³-hybridized carbons (Fsp3) is 0.923. The minimum Gasteiger partial charge on any atom is -0.459 e. The Kier molecular flexibility index (Phi) is 4.72. The lowest BCUT2D eigenvalue weighted by Crippen LogP contribution is -2.39. The Bertz CT molecular complexity index is 240. The maximum atomic E-state index is 12.2. The molecule has 0 radical (unpaired) electrons. The summed E-state index contributed by atoms with van der Waals surface area (Å²) in [7, 11) is 0. The number of hydrogen-bond acceptors (Lipinski definition) is 3. The van der Waals surface area contributed by atoms with Crippen LogP contribution in [0.3, 0.4) is 0 Å². The quantitative estimate of drug-likeness (QED) is 0.591. The van der Waals surface area contributed by atoms with E-state index in [-0.39, 0.29) is 11.6 Å². The van der Waals surface area contributed by atoms with E-state index in [2.05, 4.69) is 19.6 Å². The van der Waals surface area contributed by atoms with E-state index < -0.39 is 5.41 Å². The number of carbonyl (C=O) groups excluding carboxylic acids is 1. The Hall–Kier alpha value is -0.180. The second-order valence-electron chi connectivity index (χ2n) is 5.21. The highest BCUT2D eigenvalue weighted by Gasteiger charge is 2.40. The molecule has 0 spiro atoms. The van der Waals surface area contributed by atoms with Crippen LogP contribution in [0.4, 0.5) is 0 Å². The molecular weight excluding hydrogens is 220 g/mol. The first-order valence-electron chi connectivity index (χ1n) is 6.36. The molecule has 3 heteroatoms. The van der Waals surface area contributed by atoms with Gasteiger partial charge in [0.1, 0.15) is 5.60 Å². The summed E-state index contributed by atoms with van der Waals surface area (Å²) < 4.78 is 5.81. The standard InChI is InChI=1S/C13H24O2S/c1-4-12(3,10-16)11(14)15-13(5-2)8-6-7-9-13/h16H,4-10H2,1-3H3. The van der Waals surface area contributed by atoms with Crippen LogP contribution >= 0.6 is 12.6 Å². The molecule has 0 N–H and O–H groups in total. The highest BCUT2D eigenvalue weighted by molar-refractivity contribution is 7.80. The van der Waals surface area contributed by atoms with Crippen molar-refractivity contribution in [2.24, 2.45) is 5.41 Å². The summed E-state index contributed by atoms with van der Waals surface area (Å²) in [6, 6.07) is 0. The predicted molar refractivity (Wildman–Crippen MR) is 69.8 cm³/mol. The minimum atomic E-state index is -0.423. The summed E-state index contributed by atoms with van der Waals surface area (Å²) in [5.41, 5.74) is -0.593. The van der Waals surface area contributed by atoms with E-state index in [4.69, 9.17) is 4.74 Å². The highest BCUT2D eigenvalue weighted by atomic mass is 32.1. The first-order valence-corrected chi connectivity index (χ1v) is 6.99. The van der Waals surface area contributed by atoms with Gasteiger partial charge in [-0.05, 0) is 45.4 Å². The summed E-state index contributed by atoms with van der Waals surface area (Å²) in [5, 5.41) is 0. The van der Waals surface area contributed by atoms with Crippen molar-refractivity contribution >= 4 is 18.6 Å². The second-order valence-corrected chi connectivity index (χ2v) is 5.52. The van der Waals surface area contributed by atoms with E-state index in [1.807, 2.05) is 13.8 Å². The maximum absolute atomic E-state index is 12.2. The third-order valence-corrected chi connectivity index (χ3v) is 4.79. The number of rotatable bonds is 5. The molecule has 0 aromatic carbocycles. The van der Waals surface area contributed by atoms with Crippen molar-refractivity contribution in [3.8, 4) is 0 Å². The second kappa shape index (κ2) is 5.44. The van der Waals surface area contributed by atoms with Gasteiger partial charge >= 0.3 is 5.97 Å². The van der Waals surface area contributed by atoms with Crippen molar-refractivity contribution in [1.82, 2.24) is 0 Å². The fourth-order valence-corrected chi connectivity index (χ4v) is 2.54. The van der Waals surface area contributed by atoms with E-state index in [0.29, 0.717) is 5.75 Å². The number of ether oxygens (including phenoxy) is 1. The summed E-state index contributed by atoms with van der Waals surface area (Å²) >= 11 is 4.27. The van der Waals surface area contributed by atoms with E-state index in [0.717, 1.165) is 25.7 Å². The van der Waals surface area contributed by atoms with Crippen LogP contribution in [0.5, 0.6) is 0 Å². The normalized spacial score (nSPS) is 22.8. The molecular formula is C13H24O2S. The van der Waals surface area contributed by atoms with Crippen LogP contribution in [-0.4, -0.2) is 17.3 Å². The van der Waals surface area contributed by atoms with Crippen molar-refractivity contribution in [2.45, 2.75) is 64.9 Å². The molecule has 0 aromatic rings. The lowest BCUT2D eigenvalue weighted by atomic mass is 9.89. The minimum absolute atomic E-state index is 0.0613. The Morgan fingerprint density at radius 2 is 1.94 bits per heavy atom. The zero-order valence-electron chi connectivity index (χ0n) is 10.7. The van der Waals surface area contributed by atoms with Gasteiger partial charge in [-0.25, -0.2) is 0 Å². The first kappa shape index (κ1) is 13.9. The predicted octanol–water partition coefficient (Wildman–Crippen LogP) is 3.60. The lowest BCUT2D eigenvalue weighted by molar-refractivity contribution is -0.170. The zero-order valence-corrected chi connectivity index (χ0v) is 11.6. The number of hydrogen-bond donors (Lipinski definition) is 1. The number of carbonyl (C=O) groups is 1. The summed E-state index contributed by atoms with van der Waals surface area (Å²) in [6.45, 7) is 6.08. The van der Waals surface area contributed by atoms with Crippen LogP contribution in [-0.2, 0) is 9.53 Å². The average Bonchev–Trinajstić information content (AvgIpc) is 2.77. The van der Waals surface area contributed by atoms with Crippen LogP contribution in [0.25, 0.3) is 0 Å². The van der Waals surface area contributed by atoms with Gasteiger partial charge in [-0.15, -0.1) is 0 Å². The van der Waals surface area contributed by atoms with E-state index in [1.54, 1.807) is 0 Å². The molecule has 1 saturated carbocycles. The summed E-state index contributed by atoms with van der Waals surface area (Å²) in [5.74, 6) is 0.496. The largest absolute Gasteiger partial charge is 0.459 e. The van der Waals surface area contributed by atoms with Gasteiger partial charge in [-0.2, -0.15) is 12.6 Å². The molecule has 1 fully saturated rings. The van der Waals surface area contributed by atoms with Crippen molar-refractivity contribution in [2.75, 3.05) is 5.75 Å². The molecule has 1 rings (SSSR count). The Labute approximate surface area is 105 Å². The third kappa shape index (κ3) is 2.73. The molecule has 1 aliphatic rings. The molecule has 0 amide bonds. The van der Waals surface area contributed by atoms with Gasteiger partial charge in [0.25, 0.3) is 0 Å². The SMILES string of the molecule is CCC1(OC(=O)C(C)(CC)CS)CCCC1. The van der Waals surface area contributed by atoms with Crippen molar-refractivity contribution < 1.29 is 9.53 Å². The summed E-state index contributed by atoms with van der Waals surface area (Å²) in [6.07, 6.45) is 6.15. The Balaban J connectivity index is 2.68. The molecule has 0 aliphatic heterocycles. The van der Waals surface area contributed by atoms with Crippen LogP contribution < -0.4 is 0 Å². The summed E-state index contributed by atoms with van der Waals surface area (Å²) in [4.78, 5) is 12.2. The molecule has 94 valence electrons. The van der Waals surface area contributed by atoms with Crippen molar-refractivity contribution in [3.63, 3.8) is 0 Å². The zero-order chi connectivity index (χ0) is 12.2. The van der Waals surface area contributed by atoms with Crippen molar-refractivity contribution in [1.29, 1.82) is 0 Å². The van der Waals surface area contributed by atoms with Gasteiger partial charge < -0.3 is 4.74 Å².